The molecule has 114 valence electrons. The molecule has 7 nitrogen and oxygen atoms in total. The molecular formula is C13H19N5O2S. The minimum absolute atomic E-state index is 0.230. The summed E-state index contributed by atoms with van der Waals surface area (Å²) in [6.07, 6.45) is 0. The number of anilines is 1. The third kappa shape index (κ3) is 3.78. The van der Waals surface area contributed by atoms with E-state index in [0.29, 0.717) is 40.8 Å². The Kier molecular flexibility index (Phi) is 4.89. The highest BCUT2D eigenvalue weighted by atomic mass is 32.2. The highest BCUT2D eigenvalue weighted by molar-refractivity contribution is 7.99. The Morgan fingerprint density at radius 1 is 1.48 bits per heavy atom. The molecule has 0 saturated carbocycles. The third-order valence-electron chi connectivity index (χ3n) is 2.65. The maximum absolute atomic E-state index is 11.5. The van der Waals surface area contributed by atoms with Crippen molar-refractivity contribution < 1.29 is 4.74 Å². The van der Waals surface area contributed by atoms with Gasteiger partial charge in [0.2, 0.25) is 5.88 Å². The van der Waals surface area contributed by atoms with E-state index >= 15 is 0 Å². The van der Waals surface area contributed by atoms with Gasteiger partial charge in [0.25, 0.3) is 0 Å². The molecule has 2 aromatic rings. The predicted octanol–water partition coefficient (Wildman–Crippen LogP) is 1.75. The van der Waals surface area contributed by atoms with Gasteiger partial charge >= 0.3 is 5.69 Å². The van der Waals surface area contributed by atoms with Crippen LogP contribution in [0.3, 0.4) is 0 Å². The molecule has 2 aromatic heterocycles. The second-order valence-corrected chi connectivity index (χ2v) is 5.89. The number of hydrogen-bond acceptors (Lipinski definition) is 6. The van der Waals surface area contributed by atoms with E-state index in [2.05, 4.69) is 29.0 Å². The van der Waals surface area contributed by atoms with Crippen molar-refractivity contribution in [2.24, 2.45) is 5.92 Å². The summed E-state index contributed by atoms with van der Waals surface area (Å²) >= 11 is 1.29. The van der Waals surface area contributed by atoms with E-state index in [1.807, 2.05) is 6.92 Å². The molecule has 0 saturated heterocycles. The van der Waals surface area contributed by atoms with Gasteiger partial charge in [-0.3, -0.25) is 4.57 Å². The lowest BCUT2D eigenvalue weighted by Crippen LogP contribution is -2.16. The van der Waals surface area contributed by atoms with Crippen molar-refractivity contribution in [1.29, 1.82) is 0 Å². The van der Waals surface area contributed by atoms with Crippen molar-refractivity contribution in [3.63, 3.8) is 0 Å². The van der Waals surface area contributed by atoms with Crippen LogP contribution in [0.4, 0.5) is 5.69 Å². The van der Waals surface area contributed by atoms with Gasteiger partial charge in [-0.25, -0.2) is 14.9 Å². The first-order valence-corrected chi connectivity index (χ1v) is 7.55. The summed E-state index contributed by atoms with van der Waals surface area (Å²) in [5.41, 5.74) is 6.12. The van der Waals surface area contributed by atoms with Gasteiger partial charge in [0, 0.05) is 6.54 Å². The lowest BCUT2D eigenvalue weighted by atomic mass is 10.2. The molecule has 8 heteroatoms. The van der Waals surface area contributed by atoms with E-state index in [4.69, 9.17) is 10.5 Å². The monoisotopic (exact) mass is 309 g/mol. The molecule has 0 aliphatic rings. The molecule has 3 N–H and O–H groups in total. The summed E-state index contributed by atoms with van der Waals surface area (Å²) in [5, 5.41) is 7.65. The van der Waals surface area contributed by atoms with Gasteiger partial charge in [-0.1, -0.05) is 13.8 Å². The number of ether oxygens (including phenoxy) is 1. The number of pyridine rings is 1. The zero-order valence-corrected chi connectivity index (χ0v) is 13.1. The zero-order chi connectivity index (χ0) is 15.4. The molecule has 0 bridgehead atoms. The topological polar surface area (TPSA) is 98.8 Å². The molecule has 0 unspecified atom stereocenters. The van der Waals surface area contributed by atoms with Crippen molar-refractivity contribution in [1.82, 2.24) is 19.7 Å². The van der Waals surface area contributed by atoms with Crippen molar-refractivity contribution in [2.75, 3.05) is 12.3 Å². The number of nitrogen functional groups attached to an aromatic ring is 1. The van der Waals surface area contributed by atoms with Crippen LogP contribution < -0.4 is 16.2 Å². The molecule has 0 aliphatic heterocycles. The zero-order valence-electron chi connectivity index (χ0n) is 12.3. The minimum atomic E-state index is -0.230. The summed E-state index contributed by atoms with van der Waals surface area (Å²) in [6, 6.07) is 3.52. The van der Waals surface area contributed by atoms with Crippen molar-refractivity contribution in [3.05, 3.63) is 22.6 Å². The number of aromatic amines is 1. The van der Waals surface area contributed by atoms with Crippen LogP contribution in [-0.4, -0.2) is 26.4 Å². The van der Waals surface area contributed by atoms with E-state index in [9.17, 15) is 4.79 Å². The Morgan fingerprint density at radius 3 is 2.90 bits per heavy atom. The van der Waals surface area contributed by atoms with Crippen LogP contribution in [0.1, 0.15) is 20.8 Å². The lowest BCUT2D eigenvalue weighted by Gasteiger charge is -2.11. The number of rotatable bonds is 6. The molecule has 0 aliphatic carbocycles. The van der Waals surface area contributed by atoms with Crippen LogP contribution in [0.15, 0.2) is 27.1 Å². The second-order valence-electron chi connectivity index (χ2n) is 4.91. The number of nitrogens with zero attached hydrogens (tertiary/aromatic N) is 3. The molecule has 0 amide bonds. The summed E-state index contributed by atoms with van der Waals surface area (Å²) in [7, 11) is 0. The first kappa shape index (κ1) is 15.4. The number of H-pyrrole nitrogens is 1. The van der Waals surface area contributed by atoms with Crippen LogP contribution >= 0.6 is 11.8 Å². The number of nitrogens with two attached hydrogens (primary N) is 1. The van der Waals surface area contributed by atoms with Crippen LogP contribution in [-0.2, 0) is 6.54 Å². The third-order valence-corrected chi connectivity index (χ3v) is 3.58. The average molecular weight is 309 g/mol. The van der Waals surface area contributed by atoms with Crippen molar-refractivity contribution in [3.8, 4) is 5.88 Å². The minimum Gasteiger partial charge on any atom is -0.476 e. The maximum atomic E-state index is 11.5. The highest BCUT2D eigenvalue weighted by Gasteiger charge is 2.11. The smallest absolute Gasteiger partial charge is 0.343 e. The van der Waals surface area contributed by atoms with Gasteiger partial charge in [-0.2, -0.15) is 0 Å². The molecule has 21 heavy (non-hydrogen) atoms. The quantitative estimate of drug-likeness (QED) is 0.843. The Balaban J connectivity index is 2.20. The average Bonchev–Trinajstić information content (AvgIpc) is 2.79. The number of nitrogens with one attached hydrogen (secondary N) is 1. The van der Waals surface area contributed by atoms with Crippen LogP contribution in [0.5, 0.6) is 5.88 Å². The lowest BCUT2D eigenvalue weighted by molar-refractivity contribution is 0.261. The molecule has 0 aromatic carbocycles. The number of aromatic nitrogens is 4. The van der Waals surface area contributed by atoms with Gasteiger partial charge in [-0.15, -0.1) is 5.10 Å². The van der Waals surface area contributed by atoms with E-state index in [0.717, 1.165) is 0 Å². The Bertz CT molecular complexity index is 665. The molecule has 0 fully saturated rings. The Labute approximate surface area is 126 Å². The normalized spacial score (nSPS) is 11.0. The van der Waals surface area contributed by atoms with E-state index in [1.54, 1.807) is 12.1 Å². The van der Waals surface area contributed by atoms with Crippen LogP contribution in [0.2, 0.25) is 0 Å². The van der Waals surface area contributed by atoms with E-state index in [-0.39, 0.29) is 5.69 Å². The molecule has 0 spiro atoms. The van der Waals surface area contributed by atoms with Gasteiger partial charge in [0.15, 0.2) is 5.16 Å². The summed E-state index contributed by atoms with van der Waals surface area (Å²) < 4.78 is 7.13. The fourth-order valence-corrected chi connectivity index (χ4v) is 2.47. The first-order valence-electron chi connectivity index (χ1n) is 6.73. The SMILES string of the molecule is CCn1c(Sc2ccc(N)c(OCC(C)C)n2)n[nH]c1=O. The predicted molar refractivity (Wildman–Crippen MR) is 81.6 cm³/mol. The highest BCUT2D eigenvalue weighted by Crippen LogP contribution is 2.28. The molecule has 0 atom stereocenters. The van der Waals surface area contributed by atoms with Gasteiger partial charge < -0.3 is 10.5 Å². The largest absolute Gasteiger partial charge is 0.476 e. The number of hydrogen-bond donors (Lipinski definition) is 2. The maximum Gasteiger partial charge on any atom is 0.343 e. The van der Waals surface area contributed by atoms with Crippen LogP contribution in [0, 0.1) is 5.92 Å². The Hall–Kier alpha value is -1.96. The fraction of sp³-hybridized carbons (Fsp3) is 0.462. The van der Waals surface area contributed by atoms with Crippen LogP contribution in [0.25, 0.3) is 0 Å². The van der Waals surface area contributed by atoms with Crippen molar-refractivity contribution >= 4 is 17.4 Å². The Morgan fingerprint density at radius 2 is 2.24 bits per heavy atom. The molecule has 0 radical (unpaired) electrons. The summed E-state index contributed by atoms with van der Waals surface area (Å²) in [6.45, 7) is 7.09. The standard InChI is InChI=1S/C13H19N5O2S/c1-4-18-12(19)16-17-13(18)21-10-6-5-9(14)11(15-10)20-7-8(2)3/h5-6,8H,4,7,14H2,1-3H3,(H,16,19). The summed E-state index contributed by atoms with van der Waals surface area (Å²) in [4.78, 5) is 15.9. The van der Waals surface area contributed by atoms with E-state index in [1.165, 1.54) is 16.3 Å². The molecule has 2 rings (SSSR count). The fourth-order valence-electron chi connectivity index (χ4n) is 1.61. The van der Waals surface area contributed by atoms with Gasteiger partial charge in [0.1, 0.15) is 5.03 Å². The molecular weight excluding hydrogens is 290 g/mol. The second kappa shape index (κ2) is 6.66. The van der Waals surface area contributed by atoms with E-state index < -0.39 is 0 Å². The molecule has 2 heterocycles. The van der Waals surface area contributed by atoms with Gasteiger partial charge in [-0.05, 0) is 36.7 Å². The van der Waals surface area contributed by atoms with Gasteiger partial charge in [0.05, 0.1) is 12.3 Å². The summed E-state index contributed by atoms with van der Waals surface area (Å²) in [5.74, 6) is 0.800. The van der Waals surface area contributed by atoms with Crippen molar-refractivity contribution in [2.45, 2.75) is 37.5 Å². The first-order chi connectivity index (χ1) is 10.0.